The molecule has 0 aliphatic carbocycles. The van der Waals surface area contributed by atoms with Gasteiger partial charge in [-0.25, -0.2) is 0 Å². The van der Waals surface area contributed by atoms with Crippen LogP contribution in [-0.2, 0) is 0 Å². The van der Waals surface area contributed by atoms with Gasteiger partial charge in [-0.05, 0) is 12.1 Å². The standard InChI is InChI=1S/C15H13N3OS2/c19-13(11-6-2-1-3-7-11)10-20-15-18-17-14(21-15)12-8-4-5-9-16-12/h1-9,14,17H,10H2/t14-/m0/s1. The number of nitrogens with zero attached hydrogens (tertiary/aromatic N) is 2. The first kappa shape index (κ1) is 14.2. The van der Waals surface area contributed by atoms with Gasteiger partial charge in [0.05, 0.1) is 11.4 Å². The number of thioether (sulfide) groups is 2. The predicted molar refractivity (Wildman–Crippen MR) is 88.4 cm³/mol. The summed E-state index contributed by atoms with van der Waals surface area (Å²) in [6.45, 7) is 0. The molecule has 0 saturated carbocycles. The fourth-order valence-corrected chi connectivity index (χ4v) is 3.77. The quantitative estimate of drug-likeness (QED) is 0.877. The summed E-state index contributed by atoms with van der Waals surface area (Å²) in [5.41, 5.74) is 4.72. The average molecular weight is 315 g/mol. The van der Waals surface area contributed by atoms with Crippen LogP contribution >= 0.6 is 23.5 Å². The molecule has 4 nitrogen and oxygen atoms in total. The first-order chi connectivity index (χ1) is 10.3. The number of Topliss-reactive ketones (excluding diaryl/α,β-unsaturated/α-hetero) is 1. The van der Waals surface area contributed by atoms with Crippen molar-refractivity contribution in [2.24, 2.45) is 5.10 Å². The molecule has 0 spiro atoms. The molecule has 1 aromatic carbocycles. The summed E-state index contributed by atoms with van der Waals surface area (Å²) in [6, 6.07) is 15.1. The Morgan fingerprint density at radius 3 is 2.76 bits per heavy atom. The second kappa shape index (κ2) is 6.78. The first-order valence-corrected chi connectivity index (χ1v) is 8.31. The van der Waals surface area contributed by atoms with Gasteiger partial charge in [-0.2, -0.15) is 5.10 Å². The molecular formula is C15H13N3OS2. The molecule has 0 saturated heterocycles. The number of rotatable bonds is 4. The van der Waals surface area contributed by atoms with Crippen molar-refractivity contribution in [2.45, 2.75) is 5.37 Å². The van der Waals surface area contributed by atoms with E-state index in [4.69, 9.17) is 0 Å². The molecule has 0 fully saturated rings. The lowest BCUT2D eigenvalue weighted by molar-refractivity contribution is 0.102. The summed E-state index contributed by atoms with van der Waals surface area (Å²) >= 11 is 3.05. The molecule has 3 rings (SSSR count). The number of carbonyl (C=O) groups is 1. The van der Waals surface area contributed by atoms with Gasteiger partial charge in [0.25, 0.3) is 0 Å². The third-order valence-corrected chi connectivity index (χ3v) is 5.13. The van der Waals surface area contributed by atoms with Gasteiger partial charge < -0.3 is 0 Å². The van der Waals surface area contributed by atoms with Gasteiger partial charge in [-0.15, -0.1) is 0 Å². The topological polar surface area (TPSA) is 54.4 Å². The molecule has 0 amide bonds. The van der Waals surface area contributed by atoms with E-state index >= 15 is 0 Å². The largest absolute Gasteiger partial charge is 0.293 e. The zero-order valence-corrected chi connectivity index (χ0v) is 12.7. The van der Waals surface area contributed by atoms with Gasteiger partial charge in [0.1, 0.15) is 5.37 Å². The summed E-state index contributed by atoms with van der Waals surface area (Å²) in [5, 5.41) is 4.29. The molecule has 0 bridgehead atoms. The molecular weight excluding hydrogens is 302 g/mol. The van der Waals surface area contributed by atoms with Crippen molar-refractivity contribution in [1.82, 2.24) is 10.4 Å². The normalized spacial score (nSPS) is 17.1. The zero-order chi connectivity index (χ0) is 14.5. The number of benzene rings is 1. The molecule has 1 atom stereocenters. The maximum Gasteiger partial charge on any atom is 0.173 e. The molecule has 1 N–H and O–H groups in total. The van der Waals surface area contributed by atoms with Gasteiger partial charge in [0.2, 0.25) is 0 Å². The van der Waals surface area contributed by atoms with Crippen LogP contribution in [0.3, 0.4) is 0 Å². The molecule has 106 valence electrons. The molecule has 1 aromatic heterocycles. The monoisotopic (exact) mass is 315 g/mol. The van der Waals surface area contributed by atoms with Gasteiger partial charge >= 0.3 is 0 Å². The third kappa shape index (κ3) is 3.65. The van der Waals surface area contributed by atoms with E-state index in [2.05, 4.69) is 15.5 Å². The smallest absolute Gasteiger partial charge is 0.173 e. The lowest BCUT2D eigenvalue weighted by atomic mass is 10.2. The van der Waals surface area contributed by atoms with Gasteiger partial charge in [-0.3, -0.25) is 15.2 Å². The Bertz CT molecular complexity index is 646. The SMILES string of the molecule is O=C(CSC1=NN[C@H](c2ccccn2)S1)c1ccccc1. The molecule has 6 heteroatoms. The van der Waals surface area contributed by atoms with Crippen molar-refractivity contribution in [3.8, 4) is 0 Å². The molecule has 2 aromatic rings. The minimum atomic E-state index is 0.0283. The summed E-state index contributed by atoms with van der Waals surface area (Å²) < 4.78 is 0.870. The zero-order valence-electron chi connectivity index (χ0n) is 11.1. The van der Waals surface area contributed by atoms with E-state index < -0.39 is 0 Å². The number of aromatic nitrogens is 1. The van der Waals surface area contributed by atoms with E-state index in [0.717, 1.165) is 15.6 Å². The highest BCUT2D eigenvalue weighted by Gasteiger charge is 2.22. The molecule has 0 unspecified atom stereocenters. The van der Waals surface area contributed by atoms with Gasteiger partial charge in [0.15, 0.2) is 10.2 Å². The number of hydrogen-bond donors (Lipinski definition) is 1. The number of nitrogens with one attached hydrogen (secondary N) is 1. The van der Waals surface area contributed by atoms with Crippen LogP contribution in [0.15, 0.2) is 59.8 Å². The van der Waals surface area contributed by atoms with Crippen LogP contribution in [0.2, 0.25) is 0 Å². The van der Waals surface area contributed by atoms with Crippen molar-refractivity contribution in [3.63, 3.8) is 0 Å². The Labute approximate surface area is 131 Å². The lowest BCUT2D eigenvalue weighted by Crippen LogP contribution is -2.07. The van der Waals surface area contributed by atoms with E-state index in [0.29, 0.717) is 5.75 Å². The Balaban J connectivity index is 1.53. The van der Waals surface area contributed by atoms with Crippen LogP contribution in [0.25, 0.3) is 0 Å². The minimum absolute atomic E-state index is 0.0283. The van der Waals surface area contributed by atoms with Crippen LogP contribution in [0.1, 0.15) is 21.4 Å². The first-order valence-electron chi connectivity index (χ1n) is 6.45. The maximum absolute atomic E-state index is 12.0. The highest BCUT2D eigenvalue weighted by molar-refractivity contribution is 8.39. The van der Waals surface area contributed by atoms with E-state index in [1.165, 1.54) is 11.8 Å². The number of carbonyl (C=O) groups excluding carboxylic acids is 1. The second-order valence-electron chi connectivity index (χ2n) is 4.34. The number of ketones is 1. The van der Waals surface area contributed by atoms with Gasteiger partial charge in [-0.1, -0.05) is 59.9 Å². The summed E-state index contributed by atoms with van der Waals surface area (Å²) in [4.78, 5) is 16.3. The molecule has 1 aliphatic rings. The fourth-order valence-electron chi connectivity index (χ4n) is 1.82. The van der Waals surface area contributed by atoms with Crippen LogP contribution < -0.4 is 5.43 Å². The van der Waals surface area contributed by atoms with Crippen molar-refractivity contribution in [3.05, 3.63) is 66.0 Å². The van der Waals surface area contributed by atoms with Crippen molar-refractivity contribution in [1.29, 1.82) is 0 Å². The highest BCUT2D eigenvalue weighted by Crippen LogP contribution is 2.34. The van der Waals surface area contributed by atoms with Crippen LogP contribution in [-0.4, -0.2) is 20.9 Å². The minimum Gasteiger partial charge on any atom is -0.293 e. The Morgan fingerprint density at radius 1 is 1.19 bits per heavy atom. The van der Waals surface area contributed by atoms with E-state index in [1.54, 1.807) is 18.0 Å². The summed E-state index contributed by atoms with van der Waals surface area (Å²) in [6.07, 6.45) is 1.77. The van der Waals surface area contributed by atoms with Crippen LogP contribution in [0, 0.1) is 0 Å². The molecule has 2 heterocycles. The van der Waals surface area contributed by atoms with Crippen molar-refractivity contribution < 1.29 is 4.79 Å². The number of hydrazone groups is 1. The Kier molecular flexibility index (Phi) is 4.57. The Morgan fingerprint density at radius 2 is 2.00 bits per heavy atom. The second-order valence-corrected chi connectivity index (χ2v) is 6.65. The molecule has 0 radical (unpaired) electrons. The number of pyridine rings is 1. The lowest BCUT2D eigenvalue weighted by Gasteiger charge is -2.07. The van der Waals surface area contributed by atoms with E-state index in [-0.39, 0.29) is 11.2 Å². The maximum atomic E-state index is 12.0. The van der Waals surface area contributed by atoms with Crippen LogP contribution in [0.5, 0.6) is 0 Å². The number of hydrogen-bond acceptors (Lipinski definition) is 6. The third-order valence-electron chi connectivity index (χ3n) is 2.87. The summed E-state index contributed by atoms with van der Waals surface area (Å²) in [7, 11) is 0. The van der Waals surface area contributed by atoms with Crippen LogP contribution in [0.4, 0.5) is 0 Å². The average Bonchev–Trinajstić information content (AvgIpc) is 3.03. The van der Waals surface area contributed by atoms with E-state index in [1.807, 2.05) is 48.5 Å². The van der Waals surface area contributed by atoms with Crippen molar-refractivity contribution >= 4 is 33.7 Å². The Hall–Kier alpha value is -1.79. The predicted octanol–water partition coefficient (Wildman–Crippen LogP) is 3.30. The fraction of sp³-hybridized carbons (Fsp3) is 0.133. The van der Waals surface area contributed by atoms with E-state index in [9.17, 15) is 4.79 Å². The van der Waals surface area contributed by atoms with Crippen molar-refractivity contribution in [2.75, 3.05) is 5.75 Å². The highest BCUT2D eigenvalue weighted by atomic mass is 32.2. The summed E-state index contributed by atoms with van der Waals surface area (Å²) in [5.74, 6) is 0.511. The van der Waals surface area contributed by atoms with Gasteiger partial charge in [0, 0.05) is 11.8 Å². The molecule has 1 aliphatic heterocycles. The molecule has 21 heavy (non-hydrogen) atoms.